The van der Waals surface area contributed by atoms with Crippen LogP contribution in [0.25, 0.3) is 0 Å². The topological polar surface area (TPSA) is 32.3 Å². The molecule has 1 atom stereocenters. The van der Waals surface area contributed by atoms with E-state index >= 15 is 0 Å². The molecule has 0 bridgehead atoms. The smallest absolute Gasteiger partial charge is 0.120 e. The number of aromatic hydroxyl groups is 1. The highest BCUT2D eigenvalue weighted by Gasteiger charge is 2.05. The first-order valence-corrected chi connectivity index (χ1v) is 6.71. The van der Waals surface area contributed by atoms with Crippen molar-refractivity contribution in [2.75, 3.05) is 0 Å². The van der Waals surface area contributed by atoms with Crippen molar-refractivity contribution >= 4 is 0 Å². The van der Waals surface area contributed by atoms with E-state index in [1.54, 1.807) is 6.07 Å². The summed E-state index contributed by atoms with van der Waals surface area (Å²) in [7, 11) is 0. The number of phenols is 1. The van der Waals surface area contributed by atoms with Crippen LogP contribution in [0.5, 0.6) is 5.75 Å². The molecule has 2 heteroatoms. The van der Waals surface area contributed by atoms with Gasteiger partial charge < -0.3 is 10.4 Å². The Labute approximate surface area is 115 Å². The van der Waals surface area contributed by atoms with Crippen molar-refractivity contribution in [3.05, 3.63) is 65.2 Å². The number of rotatable bonds is 5. The quantitative estimate of drug-likeness (QED) is 0.858. The summed E-state index contributed by atoms with van der Waals surface area (Å²) in [4.78, 5) is 0. The highest BCUT2D eigenvalue weighted by molar-refractivity contribution is 5.35. The maximum atomic E-state index is 9.80. The largest absolute Gasteiger partial charge is 0.508 e. The van der Waals surface area contributed by atoms with Gasteiger partial charge in [0.1, 0.15) is 5.75 Å². The summed E-state index contributed by atoms with van der Waals surface area (Å²) in [6.07, 6.45) is 0.993. The summed E-state index contributed by atoms with van der Waals surface area (Å²) < 4.78 is 0. The summed E-state index contributed by atoms with van der Waals surface area (Å²) in [5, 5.41) is 13.3. The van der Waals surface area contributed by atoms with Gasteiger partial charge in [0, 0.05) is 18.2 Å². The Bertz CT molecular complexity index is 522. The standard InChI is InChI=1S/C17H21NO/c1-13-8-9-17(19)16(10-13)12-18-14(2)11-15-6-4-3-5-7-15/h3-10,14,18-19H,11-12H2,1-2H3. The fraction of sp³-hybridized carbons (Fsp3) is 0.294. The Balaban J connectivity index is 1.90. The Kier molecular flexibility index (Phi) is 4.58. The molecule has 2 aromatic carbocycles. The fourth-order valence-corrected chi connectivity index (χ4v) is 2.18. The molecule has 0 aromatic heterocycles. The Morgan fingerprint density at radius 1 is 1.11 bits per heavy atom. The molecule has 2 N–H and O–H groups in total. The summed E-state index contributed by atoms with van der Waals surface area (Å²) >= 11 is 0. The molecule has 100 valence electrons. The zero-order valence-electron chi connectivity index (χ0n) is 11.6. The summed E-state index contributed by atoms with van der Waals surface area (Å²) in [6, 6.07) is 16.5. The number of nitrogens with one attached hydrogen (secondary N) is 1. The highest BCUT2D eigenvalue weighted by Crippen LogP contribution is 2.18. The van der Waals surface area contributed by atoms with Gasteiger partial charge in [0.05, 0.1) is 0 Å². The van der Waals surface area contributed by atoms with Crippen molar-refractivity contribution in [2.24, 2.45) is 0 Å². The SMILES string of the molecule is Cc1ccc(O)c(CNC(C)Cc2ccccc2)c1. The highest BCUT2D eigenvalue weighted by atomic mass is 16.3. The molecule has 0 aliphatic carbocycles. The molecule has 0 aliphatic heterocycles. The second kappa shape index (κ2) is 6.39. The van der Waals surface area contributed by atoms with Crippen LogP contribution >= 0.6 is 0 Å². The Morgan fingerprint density at radius 2 is 1.84 bits per heavy atom. The van der Waals surface area contributed by atoms with Gasteiger partial charge in [-0.05, 0) is 31.9 Å². The lowest BCUT2D eigenvalue weighted by molar-refractivity contribution is 0.458. The molecule has 0 spiro atoms. The molecule has 0 fully saturated rings. The van der Waals surface area contributed by atoms with E-state index in [1.165, 1.54) is 11.1 Å². The third-order valence-electron chi connectivity index (χ3n) is 3.26. The molecule has 2 nitrogen and oxygen atoms in total. The number of hydrogen-bond acceptors (Lipinski definition) is 2. The molecular weight excluding hydrogens is 234 g/mol. The van der Waals surface area contributed by atoms with Gasteiger partial charge in [-0.1, -0.05) is 48.0 Å². The van der Waals surface area contributed by atoms with Crippen molar-refractivity contribution in [2.45, 2.75) is 32.9 Å². The fourth-order valence-electron chi connectivity index (χ4n) is 2.18. The molecule has 0 amide bonds. The third-order valence-corrected chi connectivity index (χ3v) is 3.26. The molecule has 1 unspecified atom stereocenters. The molecule has 0 heterocycles. The first-order chi connectivity index (χ1) is 9.15. The Morgan fingerprint density at radius 3 is 2.58 bits per heavy atom. The molecule has 0 aliphatic rings. The lowest BCUT2D eigenvalue weighted by Crippen LogP contribution is -2.27. The van der Waals surface area contributed by atoms with E-state index in [1.807, 2.05) is 25.1 Å². The van der Waals surface area contributed by atoms with Crippen LogP contribution in [0.1, 0.15) is 23.6 Å². The van der Waals surface area contributed by atoms with E-state index in [9.17, 15) is 5.11 Å². The molecule has 0 saturated heterocycles. The maximum absolute atomic E-state index is 9.80. The van der Waals surface area contributed by atoms with E-state index in [2.05, 4.69) is 36.5 Å². The lowest BCUT2D eigenvalue weighted by Gasteiger charge is -2.15. The predicted molar refractivity (Wildman–Crippen MR) is 79.3 cm³/mol. The Hall–Kier alpha value is -1.80. The van der Waals surface area contributed by atoms with E-state index in [4.69, 9.17) is 0 Å². The number of aryl methyl sites for hydroxylation is 1. The van der Waals surface area contributed by atoms with Gasteiger partial charge in [-0.25, -0.2) is 0 Å². The average Bonchev–Trinajstić information content (AvgIpc) is 2.41. The van der Waals surface area contributed by atoms with Crippen LogP contribution in [0, 0.1) is 6.92 Å². The van der Waals surface area contributed by atoms with Gasteiger partial charge >= 0.3 is 0 Å². The molecule has 0 radical (unpaired) electrons. The monoisotopic (exact) mass is 255 g/mol. The third kappa shape index (κ3) is 4.11. The van der Waals surface area contributed by atoms with Gasteiger partial charge in [-0.3, -0.25) is 0 Å². The number of hydrogen-bond donors (Lipinski definition) is 2. The van der Waals surface area contributed by atoms with Crippen LogP contribution in [-0.4, -0.2) is 11.1 Å². The van der Waals surface area contributed by atoms with Crippen LogP contribution < -0.4 is 5.32 Å². The van der Waals surface area contributed by atoms with Crippen molar-refractivity contribution in [3.63, 3.8) is 0 Å². The molecule has 19 heavy (non-hydrogen) atoms. The van der Waals surface area contributed by atoms with E-state index < -0.39 is 0 Å². The molecule has 2 aromatic rings. The van der Waals surface area contributed by atoms with Crippen LogP contribution in [0.4, 0.5) is 0 Å². The normalized spacial score (nSPS) is 12.3. The first-order valence-electron chi connectivity index (χ1n) is 6.71. The van der Waals surface area contributed by atoms with Crippen LogP contribution in [0.2, 0.25) is 0 Å². The van der Waals surface area contributed by atoms with Crippen molar-refractivity contribution in [1.82, 2.24) is 5.32 Å². The maximum Gasteiger partial charge on any atom is 0.120 e. The van der Waals surface area contributed by atoms with Crippen molar-refractivity contribution in [3.8, 4) is 5.75 Å². The minimum absolute atomic E-state index is 0.366. The molecule has 0 saturated carbocycles. The van der Waals surface area contributed by atoms with Crippen molar-refractivity contribution < 1.29 is 5.11 Å². The van der Waals surface area contributed by atoms with Gasteiger partial charge in [0.25, 0.3) is 0 Å². The summed E-state index contributed by atoms with van der Waals surface area (Å²) in [5.41, 5.74) is 3.46. The zero-order chi connectivity index (χ0) is 13.7. The van der Waals surface area contributed by atoms with Crippen LogP contribution in [0.15, 0.2) is 48.5 Å². The van der Waals surface area contributed by atoms with Gasteiger partial charge in [-0.15, -0.1) is 0 Å². The van der Waals surface area contributed by atoms with E-state index in [0.717, 1.165) is 12.0 Å². The van der Waals surface area contributed by atoms with Gasteiger partial charge in [-0.2, -0.15) is 0 Å². The summed E-state index contributed by atoms with van der Waals surface area (Å²) in [6.45, 7) is 4.90. The predicted octanol–water partition coefficient (Wildman–Crippen LogP) is 3.42. The lowest BCUT2D eigenvalue weighted by atomic mass is 10.1. The van der Waals surface area contributed by atoms with E-state index in [-0.39, 0.29) is 0 Å². The summed E-state index contributed by atoms with van der Waals surface area (Å²) in [5.74, 6) is 0.366. The van der Waals surface area contributed by atoms with Gasteiger partial charge in [0.2, 0.25) is 0 Å². The minimum atomic E-state index is 0.366. The molecular formula is C17H21NO. The second-order valence-corrected chi connectivity index (χ2v) is 5.10. The molecule has 2 rings (SSSR count). The number of phenolic OH excluding ortho intramolecular Hbond substituents is 1. The van der Waals surface area contributed by atoms with Crippen LogP contribution in [-0.2, 0) is 13.0 Å². The van der Waals surface area contributed by atoms with E-state index in [0.29, 0.717) is 18.3 Å². The second-order valence-electron chi connectivity index (χ2n) is 5.10. The number of benzene rings is 2. The van der Waals surface area contributed by atoms with Gasteiger partial charge in [0.15, 0.2) is 0 Å². The van der Waals surface area contributed by atoms with Crippen molar-refractivity contribution in [1.29, 1.82) is 0 Å². The minimum Gasteiger partial charge on any atom is -0.508 e. The van der Waals surface area contributed by atoms with Crippen LogP contribution in [0.3, 0.4) is 0 Å². The zero-order valence-corrected chi connectivity index (χ0v) is 11.6. The average molecular weight is 255 g/mol. The first kappa shape index (κ1) is 13.6.